The van der Waals surface area contributed by atoms with Crippen molar-refractivity contribution in [3.8, 4) is 0 Å². The second-order valence-electron chi connectivity index (χ2n) is 5.38. The number of pyridine rings is 1. The molecule has 0 radical (unpaired) electrons. The molecule has 0 aromatic carbocycles. The predicted molar refractivity (Wildman–Crippen MR) is 74.8 cm³/mol. The summed E-state index contributed by atoms with van der Waals surface area (Å²) in [6.45, 7) is 4.87. The Morgan fingerprint density at radius 3 is 2.80 bits per heavy atom. The molecular formula is C14H19N3O3. The number of nitrogens with one attached hydrogen (secondary N) is 1. The highest BCUT2D eigenvalue weighted by atomic mass is 16.4. The van der Waals surface area contributed by atoms with Crippen LogP contribution in [0.15, 0.2) is 18.5 Å². The number of carboxylic acid groups (broad SMARTS) is 1. The number of piperidine rings is 1. The topological polar surface area (TPSA) is 82.5 Å². The van der Waals surface area contributed by atoms with Gasteiger partial charge in [0.15, 0.2) is 0 Å². The molecule has 108 valence electrons. The van der Waals surface area contributed by atoms with E-state index in [1.54, 1.807) is 4.90 Å². The quantitative estimate of drug-likeness (QED) is 0.869. The molecule has 6 heteroatoms. The number of likely N-dealkylation sites (tertiary alicyclic amines) is 1. The number of anilines is 1. The zero-order valence-electron chi connectivity index (χ0n) is 11.7. The van der Waals surface area contributed by atoms with Gasteiger partial charge in [0.2, 0.25) is 0 Å². The Balaban J connectivity index is 2.07. The molecule has 1 aromatic rings. The van der Waals surface area contributed by atoms with E-state index in [1.165, 1.54) is 18.5 Å². The SMILES string of the molecule is CC1CCC(C)N(C(=O)Nc2cncc(C(=O)O)c2)C1. The molecule has 1 aromatic heterocycles. The van der Waals surface area contributed by atoms with Crippen LogP contribution in [0.4, 0.5) is 10.5 Å². The molecule has 6 nitrogen and oxygen atoms in total. The van der Waals surface area contributed by atoms with Crippen molar-refractivity contribution in [2.24, 2.45) is 5.92 Å². The second-order valence-corrected chi connectivity index (χ2v) is 5.38. The third-order valence-electron chi connectivity index (χ3n) is 3.61. The Morgan fingerprint density at radius 2 is 2.10 bits per heavy atom. The van der Waals surface area contributed by atoms with Crippen molar-refractivity contribution in [3.63, 3.8) is 0 Å². The van der Waals surface area contributed by atoms with Crippen LogP contribution in [0, 0.1) is 5.92 Å². The maximum Gasteiger partial charge on any atom is 0.337 e. The molecule has 2 amide bonds. The minimum atomic E-state index is -1.06. The molecule has 0 spiro atoms. The Kier molecular flexibility index (Phi) is 4.22. The van der Waals surface area contributed by atoms with E-state index in [4.69, 9.17) is 5.11 Å². The summed E-state index contributed by atoms with van der Waals surface area (Å²) in [5, 5.41) is 11.6. The molecule has 2 N–H and O–H groups in total. The van der Waals surface area contributed by atoms with Gasteiger partial charge in [0.1, 0.15) is 0 Å². The lowest BCUT2D eigenvalue weighted by atomic mass is 9.95. The number of nitrogens with zero attached hydrogens (tertiary/aromatic N) is 2. The summed E-state index contributed by atoms with van der Waals surface area (Å²) in [7, 11) is 0. The number of rotatable bonds is 2. The van der Waals surface area contributed by atoms with Crippen molar-refractivity contribution in [3.05, 3.63) is 24.0 Å². The number of carbonyl (C=O) groups excluding carboxylic acids is 1. The van der Waals surface area contributed by atoms with E-state index in [2.05, 4.69) is 17.2 Å². The lowest BCUT2D eigenvalue weighted by Crippen LogP contribution is -2.46. The van der Waals surface area contributed by atoms with Crippen LogP contribution in [0.1, 0.15) is 37.0 Å². The first-order chi connectivity index (χ1) is 9.47. The van der Waals surface area contributed by atoms with Gasteiger partial charge in [-0.05, 0) is 31.7 Å². The summed E-state index contributed by atoms with van der Waals surface area (Å²) >= 11 is 0. The van der Waals surface area contributed by atoms with Crippen molar-refractivity contribution >= 4 is 17.7 Å². The standard InChI is InChI=1S/C14H19N3O3/c1-9-3-4-10(2)17(8-9)14(20)16-12-5-11(13(18)19)6-15-7-12/h5-7,9-10H,3-4,8H2,1-2H3,(H,16,20)(H,18,19). The van der Waals surface area contributed by atoms with Crippen molar-refractivity contribution in [2.75, 3.05) is 11.9 Å². The lowest BCUT2D eigenvalue weighted by Gasteiger charge is -2.36. The van der Waals surface area contributed by atoms with Crippen molar-refractivity contribution in [2.45, 2.75) is 32.7 Å². The van der Waals surface area contributed by atoms with Gasteiger partial charge in [0.05, 0.1) is 17.4 Å². The van der Waals surface area contributed by atoms with Crippen LogP contribution in [0.5, 0.6) is 0 Å². The second kappa shape index (κ2) is 5.90. The smallest absolute Gasteiger partial charge is 0.337 e. The van der Waals surface area contributed by atoms with E-state index in [9.17, 15) is 9.59 Å². The van der Waals surface area contributed by atoms with Gasteiger partial charge >= 0.3 is 12.0 Å². The fourth-order valence-corrected chi connectivity index (χ4v) is 2.39. The van der Waals surface area contributed by atoms with Gasteiger partial charge in [0, 0.05) is 18.8 Å². The van der Waals surface area contributed by atoms with E-state index in [1.807, 2.05) is 6.92 Å². The van der Waals surface area contributed by atoms with Crippen molar-refractivity contribution in [1.82, 2.24) is 9.88 Å². The van der Waals surface area contributed by atoms with E-state index in [-0.39, 0.29) is 17.6 Å². The normalized spacial score (nSPS) is 22.4. The first-order valence-corrected chi connectivity index (χ1v) is 6.73. The summed E-state index contributed by atoms with van der Waals surface area (Å²) in [4.78, 5) is 28.7. The van der Waals surface area contributed by atoms with Crippen LogP contribution in [0.25, 0.3) is 0 Å². The number of amides is 2. The summed E-state index contributed by atoms with van der Waals surface area (Å²) in [6.07, 6.45) is 4.81. The zero-order chi connectivity index (χ0) is 14.7. The highest BCUT2D eigenvalue weighted by molar-refractivity contribution is 5.92. The molecule has 1 aliphatic rings. The molecule has 1 aliphatic heterocycles. The average Bonchev–Trinajstić information content (AvgIpc) is 2.41. The van der Waals surface area contributed by atoms with Crippen molar-refractivity contribution in [1.29, 1.82) is 0 Å². The maximum absolute atomic E-state index is 12.2. The summed E-state index contributed by atoms with van der Waals surface area (Å²) in [5.41, 5.74) is 0.461. The van der Waals surface area contributed by atoms with E-state index < -0.39 is 5.97 Å². The number of hydrogen-bond acceptors (Lipinski definition) is 3. The van der Waals surface area contributed by atoms with Gasteiger partial charge in [-0.25, -0.2) is 9.59 Å². The van der Waals surface area contributed by atoms with Crippen LogP contribution >= 0.6 is 0 Å². The predicted octanol–water partition coefficient (Wildman–Crippen LogP) is 2.43. The van der Waals surface area contributed by atoms with Gasteiger partial charge in [-0.15, -0.1) is 0 Å². The van der Waals surface area contributed by atoms with Gasteiger partial charge < -0.3 is 15.3 Å². The van der Waals surface area contributed by atoms with Gasteiger partial charge in [-0.1, -0.05) is 6.92 Å². The van der Waals surface area contributed by atoms with Crippen LogP contribution in [-0.4, -0.2) is 39.6 Å². The summed E-state index contributed by atoms with van der Waals surface area (Å²) in [5.74, 6) is -0.575. The Morgan fingerprint density at radius 1 is 1.35 bits per heavy atom. The van der Waals surface area contributed by atoms with Crippen LogP contribution in [0.2, 0.25) is 0 Å². The monoisotopic (exact) mass is 277 g/mol. The fourth-order valence-electron chi connectivity index (χ4n) is 2.39. The molecule has 2 atom stereocenters. The van der Waals surface area contributed by atoms with Gasteiger partial charge in [0.25, 0.3) is 0 Å². The fraction of sp³-hybridized carbons (Fsp3) is 0.500. The molecule has 0 bridgehead atoms. The number of aromatic nitrogens is 1. The average molecular weight is 277 g/mol. The first kappa shape index (κ1) is 14.3. The van der Waals surface area contributed by atoms with E-state index >= 15 is 0 Å². The maximum atomic E-state index is 12.2. The number of aromatic carboxylic acids is 1. The Bertz CT molecular complexity index is 518. The first-order valence-electron chi connectivity index (χ1n) is 6.73. The van der Waals surface area contributed by atoms with Gasteiger partial charge in [-0.2, -0.15) is 0 Å². The van der Waals surface area contributed by atoms with Gasteiger partial charge in [-0.3, -0.25) is 4.98 Å². The molecule has 2 rings (SSSR count). The minimum absolute atomic E-state index is 0.0582. The third kappa shape index (κ3) is 3.26. The number of urea groups is 1. The molecule has 1 fully saturated rings. The highest BCUT2D eigenvalue weighted by Crippen LogP contribution is 2.22. The Hall–Kier alpha value is -2.11. The zero-order valence-corrected chi connectivity index (χ0v) is 11.7. The lowest BCUT2D eigenvalue weighted by molar-refractivity contribution is 0.0696. The summed E-state index contributed by atoms with van der Waals surface area (Å²) in [6, 6.07) is 1.40. The molecule has 20 heavy (non-hydrogen) atoms. The van der Waals surface area contributed by atoms with Crippen LogP contribution in [0.3, 0.4) is 0 Å². The number of carboxylic acids is 1. The number of hydrogen-bond donors (Lipinski definition) is 2. The summed E-state index contributed by atoms with van der Waals surface area (Å²) < 4.78 is 0. The minimum Gasteiger partial charge on any atom is -0.478 e. The molecule has 0 saturated carbocycles. The van der Waals surface area contributed by atoms with Crippen LogP contribution < -0.4 is 5.32 Å². The molecule has 1 saturated heterocycles. The molecule has 2 unspecified atom stereocenters. The Labute approximate surface area is 117 Å². The highest BCUT2D eigenvalue weighted by Gasteiger charge is 2.26. The number of carbonyl (C=O) groups is 2. The molecule has 0 aliphatic carbocycles. The van der Waals surface area contributed by atoms with Crippen molar-refractivity contribution < 1.29 is 14.7 Å². The molecular weight excluding hydrogens is 258 g/mol. The van der Waals surface area contributed by atoms with E-state index in [0.717, 1.165) is 19.4 Å². The largest absolute Gasteiger partial charge is 0.478 e. The van der Waals surface area contributed by atoms with Crippen LogP contribution in [-0.2, 0) is 0 Å². The van der Waals surface area contributed by atoms with E-state index in [0.29, 0.717) is 11.6 Å². The third-order valence-corrected chi connectivity index (χ3v) is 3.61. The molecule has 2 heterocycles.